The van der Waals surface area contributed by atoms with Gasteiger partial charge in [-0.25, -0.2) is 0 Å². The van der Waals surface area contributed by atoms with E-state index in [4.69, 9.17) is 9.47 Å². The number of ketones is 1. The van der Waals surface area contributed by atoms with E-state index >= 15 is 0 Å². The number of hydrogen-bond acceptors (Lipinski definition) is 7. The van der Waals surface area contributed by atoms with Gasteiger partial charge in [0, 0.05) is 22.5 Å². The standard InChI is InChI=1S/C26H24N4O4S/c1-17(31)19-5-4-6-20(15-19)27-24(32)16-35-26-29-28-25(18-7-11-22(33-2)12-8-18)30(26)21-9-13-23(34-3)14-10-21/h4-15H,16H2,1-3H3,(H,27,32). The van der Waals surface area contributed by atoms with Gasteiger partial charge in [0.2, 0.25) is 5.91 Å². The Labute approximate surface area is 207 Å². The zero-order valence-corrected chi connectivity index (χ0v) is 20.3. The Morgan fingerprint density at radius 2 is 1.57 bits per heavy atom. The number of Topliss-reactive ketones (excluding diaryl/α,β-unsaturated/α-hetero) is 1. The van der Waals surface area contributed by atoms with Crippen LogP contribution in [-0.4, -0.2) is 46.4 Å². The van der Waals surface area contributed by atoms with Crippen molar-refractivity contribution in [2.24, 2.45) is 0 Å². The maximum Gasteiger partial charge on any atom is 0.234 e. The van der Waals surface area contributed by atoms with Gasteiger partial charge < -0.3 is 14.8 Å². The summed E-state index contributed by atoms with van der Waals surface area (Å²) in [5.41, 5.74) is 2.79. The summed E-state index contributed by atoms with van der Waals surface area (Å²) in [4.78, 5) is 24.3. The van der Waals surface area contributed by atoms with E-state index in [1.807, 2.05) is 53.1 Å². The van der Waals surface area contributed by atoms with Gasteiger partial charge in [-0.15, -0.1) is 10.2 Å². The summed E-state index contributed by atoms with van der Waals surface area (Å²) in [5.74, 6) is 1.94. The van der Waals surface area contributed by atoms with E-state index in [1.165, 1.54) is 18.7 Å². The maximum absolute atomic E-state index is 12.6. The monoisotopic (exact) mass is 488 g/mol. The van der Waals surface area contributed by atoms with Gasteiger partial charge in [0.15, 0.2) is 16.8 Å². The van der Waals surface area contributed by atoms with Crippen LogP contribution in [0.3, 0.4) is 0 Å². The van der Waals surface area contributed by atoms with E-state index in [2.05, 4.69) is 15.5 Å². The number of nitrogens with one attached hydrogen (secondary N) is 1. The molecule has 0 aliphatic heterocycles. The lowest BCUT2D eigenvalue weighted by Gasteiger charge is -2.12. The van der Waals surface area contributed by atoms with E-state index < -0.39 is 0 Å². The van der Waals surface area contributed by atoms with Crippen molar-refractivity contribution in [3.05, 3.63) is 78.4 Å². The number of hydrogen-bond donors (Lipinski definition) is 1. The molecule has 0 aliphatic carbocycles. The first-order valence-corrected chi connectivity index (χ1v) is 11.7. The number of carbonyl (C=O) groups excluding carboxylic acids is 2. The van der Waals surface area contributed by atoms with Gasteiger partial charge in [0.25, 0.3) is 0 Å². The van der Waals surface area contributed by atoms with Crippen LogP contribution in [0.1, 0.15) is 17.3 Å². The Bertz CT molecular complexity index is 1330. The largest absolute Gasteiger partial charge is 0.497 e. The van der Waals surface area contributed by atoms with Crippen LogP contribution in [0.25, 0.3) is 17.1 Å². The molecule has 0 bridgehead atoms. The van der Waals surface area contributed by atoms with Gasteiger partial charge >= 0.3 is 0 Å². The third-order valence-corrected chi connectivity index (χ3v) is 6.13. The normalized spacial score (nSPS) is 10.6. The van der Waals surface area contributed by atoms with Crippen molar-refractivity contribution in [3.63, 3.8) is 0 Å². The minimum absolute atomic E-state index is 0.0610. The summed E-state index contributed by atoms with van der Waals surface area (Å²) in [6.45, 7) is 1.49. The van der Waals surface area contributed by atoms with Crippen molar-refractivity contribution >= 4 is 29.1 Å². The molecule has 1 N–H and O–H groups in total. The van der Waals surface area contributed by atoms with Crippen molar-refractivity contribution in [1.29, 1.82) is 0 Å². The number of rotatable bonds is 9. The Morgan fingerprint density at radius 1 is 0.914 bits per heavy atom. The van der Waals surface area contributed by atoms with Gasteiger partial charge in [-0.3, -0.25) is 14.2 Å². The van der Waals surface area contributed by atoms with Crippen LogP contribution in [0.2, 0.25) is 0 Å². The first kappa shape index (κ1) is 24.0. The molecule has 0 radical (unpaired) electrons. The number of anilines is 1. The third-order valence-electron chi connectivity index (χ3n) is 5.20. The lowest BCUT2D eigenvalue weighted by Crippen LogP contribution is -2.15. The smallest absolute Gasteiger partial charge is 0.234 e. The minimum Gasteiger partial charge on any atom is -0.497 e. The molecular weight excluding hydrogens is 464 g/mol. The number of ether oxygens (including phenoxy) is 2. The predicted molar refractivity (Wildman–Crippen MR) is 136 cm³/mol. The third kappa shape index (κ3) is 5.70. The van der Waals surface area contributed by atoms with Crippen LogP contribution < -0.4 is 14.8 Å². The molecule has 0 atom stereocenters. The summed E-state index contributed by atoms with van der Waals surface area (Å²) >= 11 is 1.27. The molecule has 4 rings (SSSR count). The van der Waals surface area contributed by atoms with E-state index in [9.17, 15) is 9.59 Å². The zero-order chi connectivity index (χ0) is 24.8. The van der Waals surface area contributed by atoms with E-state index in [0.29, 0.717) is 22.2 Å². The fourth-order valence-electron chi connectivity index (χ4n) is 3.40. The second-order valence-corrected chi connectivity index (χ2v) is 8.48. The quantitative estimate of drug-likeness (QED) is 0.265. The lowest BCUT2D eigenvalue weighted by molar-refractivity contribution is -0.113. The molecule has 0 saturated carbocycles. The highest BCUT2D eigenvalue weighted by Crippen LogP contribution is 2.30. The van der Waals surface area contributed by atoms with Gasteiger partial charge in [0.1, 0.15) is 11.5 Å². The van der Waals surface area contributed by atoms with Crippen LogP contribution in [0.4, 0.5) is 5.69 Å². The summed E-state index contributed by atoms with van der Waals surface area (Å²) in [5, 5.41) is 12.2. The van der Waals surface area contributed by atoms with Crippen molar-refractivity contribution in [1.82, 2.24) is 14.8 Å². The van der Waals surface area contributed by atoms with Crippen LogP contribution in [0, 0.1) is 0 Å². The van der Waals surface area contributed by atoms with E-state index in [0.717, 1.165) is 22.7 Å². The Balaban J connectivity index is 1.59. The lowest BCUT2D eigenvalue weighted by atomic mass is 10.1. The second-order valence-electron chi connectivity index (χ2n) is 7.54. The molecule has 9 heteroatoms. The predicted octanol–water partition coefficient (Wildman–Crippen LogP) is 4.88. The van der Waals surface area contributed by atoms with Crippen LogP contribution in [0.15, 0.2) is 78.0 Å². The molecule has 0 unspecified atom stereocenters. The summed E-state index contributed by atoms with van der Waals surface area (Å²) < 4.78 is 12.4. The average molecular weight is 489 g/mol. The van der Waals surface area contributed by atoms with Gasteiger partial charge in [0.05, 0.1) is 20.0 Å². The first-order valence-electron chi connectivity index (χ1n) is 10.8. The molecule has 3 aromatic carbocycles. The Morgan fingerprint density at radius 3 is 2.20 bits per heavy atom. The molecule has 1 amide bonds. The SMILES string of the molecule is COc1ccc(-c2nnc(SCC(=O)Nc3cccc(C(C)=O)c3)n2-c2ccc(OC)cc2)cc1. The molecule has 0 fully saturated rings. The number of nitrogens with zero attached hydrogens (tertiary/aromatic N) is 3. The highest BCUT2D eigenvalue weighted by Gasteiger charge is 2.18. The highest BCUT2D eigenvalue weighted by molar-refractivity contribution is 7.99. The van der Waals surface area contributed by atoms with Crippen molar-refractivity contribution in [2.75, 3.05) is 25.3 Å². The summed E-state index contributed by atoms with van der Waals surface area (Å²) in [6, 6.07) is 21.9. The molecule has 1 aromatic heterocycles. The second kappa shape index (κ2) is 10.9. The molecule has 0 saturated heterocycles. The molecule has 4 aromatic rings. The van der Waals surface area contributed by atoms with Crippen molar-refractivity contribution < 1.29 is 19.1 Å². The number of methoxy groups -OCH3 is 2. The number of amides is 1. The summed E-state index contributed by atoms with van der Waals surface area (Å²) in [6.07, 6.45) is 0. The van der Waals surface area contributed by atoms with Gasteiger partial charge in [-0.05, 0) is 67.6 Å². The number of carbonyl (C=O) groups is 2. The molecule has 1 heterocycles. The summed E-state index contributed by atoms with van der Waals surface area (Å²) in [7, 11) is 3.23. The molecule has 0 aliphatic rings. The van der Waals surface area contributed by atoms with Crippen LogP contribution >= 0.6 is 11.8 Å². The topological polar surface area (TPSA) is 95.3 Å². The Kier molecular flexibility index (Phi) is 7.47. The van der Waals surface area contributed by atoms with Crippen LogP contribution in [0.5, 0.6) is 11.5 Å². The highest BCUT2D eigenvalue weighted by atomic mass is 32.2. The van der Waals surface area contributed by atoms with Crippen molar-refractivity contribution in [3.8, 4) is 28.6 Å². The first-order chi connectivity index (χ1) is 17.0. The fourth-order valence-corrected chi connectivity index (χ4v) is 4.15. The molecule has 178 valence electrons. The van der Waals surface area contributed by atoms with Gasteiger partial charge in [-0.2, -0.15) is 0 Å². The fraction of sp³-hybridized carbons (Fsp3) is 0.154. The van der Waals surface area contributed by atoms with Gasteiger partial charge in [-0.1, -0.05) is 23.9 Å². The molecular formula is C26H24N4O4S. The maximum atomic E-state index is 12.6. The number of aromatic nitrogens is 3. The van der Waals surface area contributed by atoms with Crippen molar-refractivity contribution in [2.45, 2.75) is 12.1 Å². The minimum atomic E-state index is -0.217. The number of benzene rings is 3. The average Bonchev–Trinajstić information content (AvgIpc) is 3.31. The molecule has 0 spiro atoms. The zero-order valence-electron chi connectivity index (χ0n) is 19.5. The Hall–Kier alpha value is -4.11. The van der Waals surface area contributed by atoms with E-state index in [-0.39, 0.29) is 17.4 Å². The number of thioether (sulfide) groups is 1. The van der Waals surface area contributed by atoms with Crippen LogP contribution in [-0.2, 0) is 4.79 Å². The molecule has 8 nitrogen and oxygen atoms in total. The van der Waals surface area contributed by atoms with E-state index in [1.54, 1.807) is 38.5 Å². The molecule has 35 heavy (non-hydrogen) atoms.